The monoisotopic (exact) mass is 364 g/mol. The average molecular weight is 365 g/mol. The van der Waals surface area contributed by atoms with Crippen LogP contribution in [0.15, 0.2) is 11.2 Å². The van der Waals surface area contributed by atoms with Gasteiger partial charge in [0, 0.05) is 45.4 Å². The van der Waals surface area contributed by atoms with Crippen LogP contribution in [0.25, 0.3) is 0 Å². The Labute approximate surface area is 143 Å². The molecular formula is C14H25ClN4O3S. The molecule has 0 radical (unpaired) electrons. The number of methoxy groups -OCH3 is 1. The van der Waals surface area contributed by atoms with E-state index in [4.69, 9.17) is 10.5 Å². The van der Waals surface area contributed by atoms with Crippen molar-refractivity contribution < 1.29 is 13.2 Å². The number of ether oxygens (including phenoxy) is 1. The highest BCUT2D eigenvalue weighted by Crippen LogP contribution is 2.27. The summed E-state index contributed by atoms with van der Waals surface area (Å²) in [4.78, 5) is 4.37. The molecule has 0 bridgehead atoms. The van der Waals surface area contributed by atoms with E-state index in [9.17, 15) is 8.42 Å². The molecule has 0 amide bonds. The van der Waals surface area contributed by atoms with E-state index in [-0.39, 0.29) is 29.6 Å². The third-order valence-corrected chi connectivity index (χ3v) is 6.50. The molecule has 23 heavy (non-hydrogen) atoms. The lowest BCUT2D eigenvalue weighted by molar-refractivity contribution is 0.0401. The third kappa shape index (κ3) is 3.56. The Balaban J connectivity index is 0.00000192. The first kappa shape index (κ1) is 18.7. The van der Waals surface area contributed by atoms with Gasteiger partial charge in [0.25, 0.3) is 10.0 Å². The Bertz CT molecular complexity index is 610. The van der Waals surface area contributed by atoms with Crippen LogP contribution in [-0.2, 0) is 27.7 Å². The third-order valence-electron chi connectivity index (χ3n) is 4.68. The maximum atomic E-state index is 12.9. The van der Waals surface area contributed by atoms with Crippen LogP contribution in [0.4, 0.5) is 0 Å². The molecule has 3 heterocycles. The first-order valence-electron chi connectivity index (χ1n) is 7.87. The summed E-state index contributed by atoms with van der Waals surface area (Å²) in [5.74, 6) is 0.876. The zero-order valence-electron chi connectivity index (χ0n) is 13.3. The summed E-state index contributed by atoms with van der Waals surface area (Å²) < 4.78 is 34.7. The summed E-state index contributed by atoms with van der Waals surface area (Å²) in [7, 11) is -1.92. The van der Waals surface area contributed by atoms with Gasteiger partial charge in [-0.1, -0.05) is 0 Å². The largest absolute Gasteiger partial charge is 0.381 e. The molecule has 0 aromatic carbocycles. The fraction of sp³-hybridized carbons (Fsp3) is 0.786. The average Bonchev–Trinajstić information content (AvgIpc) is 2.99. The van der Waals surface area contributed by atoms with Crippen molar-refractivity contribution in [1.29, 1.82) is 0 Å². The van der Waals surface area contributed by atoms with Gasteiger partial charge in [-0.15, -0.1) is 12.4 Å². The van der Waals surface area contributed by atoms with Gasteiger partial charge in [0.05, 0.1) is 6.10 Å². The van der Waals surface area contributed by atoms with Gasteiger partial charge in [0.1, 0.15) is 5.82 Å². The molecule has 1 fully saturated rings. The van der Waals surface area contributed by atoms with E-state index >= 15 is 0 Å². The van der Waals surface area contributed by atoms with Crippen LogP contribution in [0.5, 0.6) is 0 Å². The molecule has 2 unspecified atom stereocenters. The van der Waals surface area contributed by atoms with Crippen LogP contribution in [0.1, 0.15) is 31.5 Å². The minimum Gasteiger partial charge on any atom is -0.381 e. The number of imidazole rings is 1. The van der Waals surface area contributed by atoms with Gasteiger partial charge in [-0.2, -0.15) is 4.31 Å². The highest BCUT2D eigenvalue weighted by Gasteiger charge is 2.37. The predicted molar refractivity (Wildman–Crippen MR) is 89.2 cm³/mol. The van der Waals surface area contributed by atoms with Crippen LogP contribution in [0.3, 0.4) is 0 Å². The van der Waals surface area contributed by atoms with E-state index in [0.717, 1.165) is 31.6 Å². The summed E-state index contributed by atoms with van der Waals surface area (Å²) in [6, 6.07) is -0.220. The van der Waals surface area contributed by atoms with E-state index in [1.807, 2.05) is 4.57 Å². The number of nitrogens with two attached hydrogens (primary N) is 1. The number of hydrogen-bond donors (Lipinski definition) is 1. The second-order valence-corrected chi connectivity index (χ2v) is 7.87. The van der Waals surface area contributed by atoms with Crippen molar-refractivity contribution in [1.82, 2.24) is 13.9 Å². The van der Waals surface area contributed by atoms with Gasteiger partial charge in [-0.05, 0) is 25.7 Å². The lowest BCUT2D eigenvalue weighted by Gasteiger charge is -2.36. The van der Waals surface area contributed by atoms with E-state index in [1.165, 1.54) is 4.31 Å². The quantitative estimate of drug-likeness (QED) is 0.852. The fourth-order valence-corrected chi connectivity index (χ4v) is 5.00. The number of aromatic nitrogens is 2. The topological polar surface area (TPSA) is 90.5 Å². The Kier molecular flexibility index (Phi) is 6.07. The number of piperidine rings is 1. The van der Waals surface area contributed by atoms with Gasteiger partial charge in [-0.3, -0.25) is 0 Å². The molecule has 0 aliphatic carbocycles. The Morgan fingerprint density at radius 1 is 1.39 bits per heavy atom. The second-order valence-electron chi connectivity index (χ2n) is 6.03. The summed E-state index contributed by atoms with van der Waals surface area (Å²) in [6.07, 6.45) is 6.09. The highest BCUT2D eigenvalue weighted by atomic mass is 35.5. The lowest BCUT2D eigenvalue weighted by atomic mass is 10.0. The zero-order valence-corrected chi connectivity index (χ0v) is 15.0. The van der Waals surface area contributed by atoms with Crippen molar-refractivity contribution in [3.8, 4) is 0 Å². The number of sulfonamides is 1. The SMILES string of the molecule is COC1CCN(S(=O)(=O)c2cn3c(n2)CCCC3)C(CN)C1.Cl. The zero-order chi connectivity index (χ0) is 15.7. The number of fused-ring (bicyclic) bond motifs is 1. The van der Waals surface area contributed by atoms with Gasteiger partial charge < -0.3 is 15.0 Å². The molecule has 2 aliphatic rings. The Hall–Kier alpha value is -0.670. The number of nitrogens with zero attached hydrogens (tertiary/aromatic N) is 3. The van der Waals surface area contributed by atoms with Crippen molar-refractivity contribution in [3.63, 3.8) is 0 Å². The highest BCUT2D eigenvalue weighted by molar-refractivity contribution is 7.89. The summed E-state index contributed by atoms with van der Waals surface area (Å²) in [5.41, 5.74) is 5.80. The first-order chi connectivity index (χ1) is 10.6. The molecule has 1 saturated heterocycles. The molecule has 132 valence electrons. The minimum atomic E-state index is -3.58. The van der Waals surface area contributed by atoms with Crippen LogP contribution >= 0.6 is 12.4 Å². The van der Waals surface area contributed by atoms with Crippen molar-refractivity contribution in [2.75, 3.05) is 20.2 Å². The number of aryl methyl sites for hydroxylation is 2. The number of hydrogen-bond acceptors (Lipinski definition) is 5. The van der Waals surface area contributed by atoms with E-state index in [2.05, 4.69) is 4.98 Å². The fourth-order valence-electron chi connectivity index (χ4n) is 3.37. The Morgan fingerprint density at radius 2 is 2.17 bits per heavy atom. The van der Waals surface area contributed by atoms with Crippen LogP contribution in [0.2, 0.25) is 0 Å². The van der Waals surface area contributed by atoms with Gasteiger partial charge in [-0.25, -0.2) is 13.4 Å². The molecule has 2 atom stereocenters. The summed E-state index contributed by atoms with van der Waals surface area (Å²) >= 11 is 0. The van der Waals surface area contributed by atoms with E-state index < -0.39 is 10.0 Å². The molecule has 3 rings (SSSR count). The minimum absolute atomic E-state index is 0. The number of halogens is 1. The van der Waals surface area contributed by atoms with Crippen LogP contribution in [0, 0.1) is 0 Å². The molecule has 0 spiro atoms. The predicted octanol–water partition coefficient (Wildman–Crippen LogP) is 0.768. The smallest absolute Gasteiger partial charge is 0.262 e. The molecule has 1 aromatic rings. The molecular weight excluding hydrogens is 340 g/mol. The van der Waals surface area contributed by atoms with Gasteiger partial charge >= 0.3 is 0 Å². The van der Waals surface area contributed by atoms with E-state index in [1.54, 1.807) is 13.3 Å². The maximum Gasteiger partial charge on any atom is 0.262 e. The molecule has 1 aromatic heterocycles. The maximum absolute atomic E-state index is 12.9. The van der Waals surface area contributed by atoms with Crippen molar-refractivity contribution in [2.45, 2.75) is 55.8 Å². The number of rotatable bonds is 4. The normalized spacial score (nSPS) is 25.7. The lowest BCUT2D eigenvalue weighted by Crippen LogP contribution is -2.51. The molecule has 2 aliphatic heterocycles. The first-order valence-corrected chi connectivity index (χ1v) is 9.31. The second kappa shape index (κ2) is 7.48. The summed E-state index contributed by atoms with van der Waals surface area (Å²) in [5, 5.41) is 0.165. The molecule has 9 heteroatoms. The van der Waals surface area contributed by atoms with Gasteiger partial charge in [0.15, 0.2) is 5.03 Å². The summed E-state index contributed by atoms with van der Waals surface area (Å²) in [6.45, 7) is 1.58. The van der Waals surface area contributed by atoms with Crippen molar-refractivity contribution in [2.24, 2.45) is 5.73 Å². The molecule has 7 nitrogen and oxygen atoms in total. The van der Waals surface area contributed by atoms with E-state index in [0.29, 0.717) is 25.9 Å². The van der Waals surface area contributed by atoms with Crippen LogP contribution < -0.4 is 5.73 Å². The Morgan fingerprint density at radius 3 is 2.83 bits per heavy atom. The standard InChI is InChI=1S/C14H24N4O3S.ClH/c1-21-12-5-7-18(11(8-12)9-15)22(19,20)14-10-17-6-3-2-4-13(17)16-14;/h10-12H,2-9,15H2,1H3;1H. The molecule has 0 saturated carbocycles. The van der Waals surface area contributed by atoms with Gasteiger partial charge in [0.2, 0.25) is 0 Å². The van der Waals surface area contributed by atoms with Crippen molar-refractivity contribution in [3.05, 3.63) is 12.0 Å². The molecule has 2 N–H and O–H groups in total. The van der Waals surface area contributed by atoms with Crippen LogP contribution in [-0.4, -0.2) is 54.6 Å². The van der Waals surface area contributed by atoms with Crippen molar-refractivity contribution >= 4 is 22.4 Å².